The van der Waals surface area contributed by atoms with E-state index in [-0.39, 0.29) is 0 Å². The second-order valence-electron chi connectivity index (χ2n) is 10.1. The standard InChI is InChI=1S/2C19H14/c1-2-7-16-13-17-10-9-15-6-3-4-8-18(15)19(17)12-11-14(16)5-1;1-2-6-14-10-12-16-13-11-15-7-4-5-9-18(15)19(16)17(14)8-3-1/h1-12H,13H2;1-8,10-13H,9H2. The van der Waals surface area contributed by atoms with Gasteiger partial charge < -0.3 is 0 Å². The Morgan fingerprint density at radius 3 is 2.39 bits per heavy atom. The Labute approximate surface area is 223 Å². The summed E-state index contributed by atoms with van der Waals surface area (Å²) in [6.07, 6.45) is 23.9. The van der Waals surface area contributed by atoms with Crippen LogP contribution in [0, 0.1) is 0 Å². The molecule has 0 heterocycles. The fraction of sp³-hybridized carbons (Fsp3) is 0.0526. The van der Waals surface area contributed by atoms with Crippen molar-refractivity contribution in [1.82, 2.24) is 0 Å². The second kappa shape index (κ2) is 9.65. The first-order valence-electron chi connectivity index (χ1n) is 13.4. The lowest BCUT2D eigenvalue weighted by molar-refractivity contribution is 1.19. The van der Waals surface area contributed by atoms with Crippen molar-refractivity contribution in [2.24, 2.45) is 0 Å². The maximum Gasteiger partial charge on any atom is -0.00137 e. The Morgan fingerprint density at radius 1 is 0.526 bits per heavy atom. The van der Waals surface area contributed by atoms with Crippen molar-refractivity contribution in [3.05, 3.63) is 159 Å². The van der Waals surface area contributed by atoms with Crippen molar-refractivity contribution in [1.29, 1.82) is 0 Å². The number of allylic oxidation sites excluding steroid dienone is 5. The van der Waals surface area contributed by atoms with Gasteiger partial charge in [-0.25, -0.2) is 0 Å². The molecule has 0 radical (unpaired) electrons. The lowest BCUT2D eigenvalue weighted by Crippen LogP contribution is -2.17. The number of benzene rings is 5. The van der Waals surface area contributed by atoms with Crippen molar-refractivity contribution in [2.45, 2.75) is 12.8 Å². The summed E-state index contributed by atoms with van der Waals surface area (Å²) in [5.74, 6) is 0. The van der Waals surface area contributed by atoms with E-state index in [1.807, 2.05) is 0 Å². The van der Waals surface area contributed by atoms with Crippen molar-refractivity contribution in [3.8, 4) is 0 Å². The zero-order chi connectivity index (χ0) is 25.3. The summed E-state index contributed by atoms with van der Waals surface area (Å²) in [4.78, 5) is 0. The lowest BCUT2D eigenvalue weighted by Gasteiger charge is -2.11. The molecule has 0 aliphatic heterocycles. The largest absolute Gasteiger partial charge is 0.0801 e. The summed E-state index contributed by atoms with van der Waals surface area (Å²) in [7, 11) is 0. The fourth-order valence-electron chi connectivity index (χ4n) is 5.91. The van der Waals surface area contributed by atoms with Gasteiger partial charge in [0.1, 0.15) is 0 Å². The van der Waals surface area contributed by atoms with Gasteiger partial charge in [-0.15, -0.1) is 0 Å². The Hall–Kier alpha value is -4.68. The molecule has 180 valence electrons. The highest BCUT2D eigenvalue weighted by atomic mass is 14.2. The average Bonchev–Trinajstić information content (AvgIpc) is 3.34. The van der Waals surface area contributed by atoms with Gasteiger partial charge in [-0.05, 0) is 78.2 Å². The molecule has 0 atom stereocenters. The van der Waals surface area contributed by atoms with Crippen LogP contribution in [0.25, 0.3) is 51.9 Å². The van der Waals surface area contributed by atoms with Crippen molar-refractivity contribution >= 4 is 51.9 Å². The minimum atomic E-state index is 1.02. The molecule has 0 spiro atoms. The van der Waals surface area contributed by atoms with E-state index in [1.165, 1.54) is 65.4 Å². The molecular weight excluding hydrogens is 456 g/mol. The van der Waals surface area contributed by atoms with Gasteiger partial charge in [0.15, 0.2) is 0 Å². The van der Waals surface area contributed by atoms with Gasteiger partial charge in [0.25, 0.3) is 0 Å². The number of hydrogen-bond donors (Lipinski definition) is 0. The van der Waals surface area contributed by atoms with E-state index in [9.17, 15) is 0 Å². The quantitative estimate of drug-likeness (QED) is 0.205. The molecule has 3 aliphatic carbocycles. The second-order valence-corrected chi connectivity index (χ2v) is 10.1. The topological polar surface area (TPSA) is 0 Å². The molecule has 38 heavy (non-hydrogen) atoms. The average molecular weight is 485 g/mol. The van der Waals surface area contributed by atoms with Crippen LogP contribution >= 0.6 is 0 Å². The first kappa shape index (κ1) is 22.5. The first-order valence-corrected chi connectivity index (χ1v) is 13.4. The summed E-state index contributed by atoms with van der Waals surface area (Å²) in [6, 6.07) is 30.7. The molecule has 0 aromatic heterocycles. The van der Waals surface area contributed by atoms with Gasteiger partial charge >= 0.3 is 0 Å². The van der Waals surface area contributed by atoms with E-state index in [0.29, 0.717) is 0 Å². The van der Waals surface area contributed by atoms with E-state index >= 15 is 0 Å². The monoisotopic (exact) mass is 484 g/mol. The highest BCUT2D eigenvalue weighted by Crippen LogP contribution is 2.30. The van der Waals surface area contributed by atoms with Crippen LogP contribution in [-0.4, -0.2) is 0 Å². The zero-order valence-electron chi connectivity index (χ0n) is 21.3. The number of rotatable bonds is 0. The first-order chi connectivity index (χ1) is 18.8. The molecule has 0 heteroatoms. The fourth-order valence-corrected chi connectivity index (χ4v) is 5.91. The highest BCUT2D eigenvalue weighted by Gasteiger charge is 2.11. The van der Waals surface area contributed by atoms with Crippen LogP contribution in [-0.2, 0) is 12.8 Å². The predicted molar refractivity (Wildman–Crippen MR) is 165 cm³/mol. The third-order valence-electron chi connectivity index (χ3n) is 7.83. The van der Waals surface area contributed by atoms with Gasteiger partial charge in [-0.1, -0.05) is 146 Å². The summed E-state index contributed by atoms with van der Waals surface area (Å²) < 4.78 is 0. The molecule has 5 aromatic carbocycles. The zero-order valence-corrected chi connectivity index (χ0v) is 21.3. The van der Waals surface area contributed by atoms with E-state index in [1.54, 1.807) is 0 Å². The molecule has 0 N–H and O–H groups in total. The highest BCUT2D eigenvalue weighted by molar-refractivity contribution is 5.95. The van der Waals surface area contributed by atoms with Gasteiger partial charge in [-0.3, -0.25) is 0 Å². The lowest BCUT2D eigenvalue weighted by atomic mass is 9.93. The molecule has 8 rings (SSSR count). The van der Waals surface area contributed by atoms with E-state index in [0.717, 1.165) is 12.8 Å². The van der Waals surface area contributed by atoms with Gasteiger partial charge in [0, 0.05) is 0 Å². The molecule has 0 bridgehead atoms. The molecule has 3 aliphatic rings. The van der Waals surface area contributed by atoms with Crippen LogP contribution in [0.1, 0.15) is 33.4 Å². The van der Waals surface area contributed by atoms with Crippen LogP contribution in [0.15, 0.2) is 115 Å². The maximum atomic E-state index is 2.27. The third-order valence-corrected chi connectivity index (χ3v) is 7.83. The Kier molecular flexibility index (Phi) is 5.72. The summed E-state index contributed by atoms with van der Waals surface area (Å²) >= 11 is 0. The van der Waals surface area contributed by atoms with Crippen LogP contribution < -0.4 is 10.4 Å². The normalized spacial score (nSPS) is 14.1. The molecule has 0 amide bonds. The summed E-state index contributed by atoms with van der Waals surface area (Å²) in [5, 5.41) is 8.12. The maximum absolute atomic E-state index is 2.27. The van der Waals surface area contributed by atoms with Crippen LogP contribution in [0.4, 0.5) is 0 Å². The van der Waals surface area contributed by atoms with Gasteiger partial charge in [0.05, 0.1) is 0 Å². The number of hydrogen-bond acceptors (Lipinski definition) is 0. The van der Waals surface area contributed by atoms with E-state index < -0.39 is 0 Å². The molecule has 0 saturated carbocycles. The van der Waals surface area contributed by atoms with E-state index in [2.05, 4.69) is 146 Å². The summed E-state index contributed by atoms with van der Waals surface area (Å²) in [6.45, 7) is 0. The van der Waals surface area contributed by atoms with Crippen LogP contribution in [0.2, 0.25) is 0 Å². The summed E-state index contributed by atoms with van der Waals surface area (Å²) in [5.41, 5.74) is 8.29. The Balaban J connectivity index is 0.000000127. The SMILES string of the molecule is C1=CC=c2c(ccc3ccc4c(c23)CC=CC=4)C=C1.C1=Cc2c(ccc3ccccc23)Cc2ccccc21. The third kappa shape index (κ3) is 4.05. The van der Waals surface area contributed by atoms with E-state index in [4.69, 9.17) is 0 Å². The van der Waals surface area contributed by atoms with Crippen molar-refractivity contribution < 1.29 is 0 Å². The minimum Gasteiger partial charge on any atom is -0.0801 e. The van der Waals surface area contributed by atoms with Crippen LogP contribution in [0.3, 0.4) is 0 Å². The Bertz CT molecular complexity index is 1960. The molecule has 0 saturated heterocycles. The smallest absolute Gasteiger partial charge is 0.00137 e. The molecule has 5 aromatic rings. The number of fused-ring (bicyclic) bond motifs is 9. The minimum absolute atomic E-state index is 1.02. The molecule has 0 nitrogen and oxygen atoms in total. The molecule has 0 unspecified atom stereocenters. The van der Waals surface area contributed by atoms with Gasteiger partial charge in [0.2, 0.25) is 0 Å². The van der Waals surface area contributed by atoms with Crippen molar-refractivity contribution in [2.75, 3.05) is 0 Å². The predicted octanol–water partition coefficient (Wildman–Crippen LogP) is 8.01. The van der Waals surface area contributed by atoms with Crippen molar-refractivity contribution in [3.63, 3.8) is 0 Å². The van der Waals surface area contributed by atoms with Gasteiger partial charge in [-0.2, -0.15) is 0 Å². The Morgan fingerprint density at radius 2 is 1.39 bits per heavy atom. The molecule has 0 fully saturated rings. The molecular formula is C38H28. The van der Waals surface area contributed by atoms with Crippen LogP contribution in [0.5, 0.6) is 0 Å².